The molecule has 0 aromatic heterocycles. The lowest BCUT2D eigenvalue weighted by Crippen LogP contribution is -2.37. The van der Waals surface area contributed by atoms with Crippen LogP contribution in [0.4, 0.5) is 13.2 Å². The smallest absolute Gasteiger partial charge is 0.416 e. The summed E-state index contributed by atoms with van der Waals surface area (Å²) >= 11 is 0. The second kappa shape index (κ2) is 10.9. The molecule has 0 saturated carbocycles. The third-order valence-electron chi connectivity index (χ3n) is 6.40. The first-order chi connectivity index (χ1) is 18.4. The molecule has 1 amide bonds. The van der Waals surface area contributed by atoms with Gasteiger partial charge in [-0.15, -0.1) is 0 Å². The summed E-state index contributed by atoms with van der Waals surface area (Å²) in [7, 11) is 1.50. The van der Waals surface area contributed by atoms with Crippen LogP contribution in [-0.4, -0.2) is 41.1 Å². The van der Waals surface area contributed by atoms with Crippen LogP contribution < -0.4 is 9.47 Å². The third-order valence-corrected chi connectivity index (χ3v) is 6.40. The molecule has 4 rings (SSSR count). The van der Waals surface area contributed by atoms with Gasteiger partial charge < -0.3 is 24.2 Å². The van der Waals surface area contributed by atoms with Gasteiger partial charge in [-0.3, -0.25) is 4.79 Å². The van der Waals surface area contributed by atoms with Crippen LogP contribution in [0, 0.1) is 0 Å². The van der Waals surface area contributed by atoms with Crippen molar-refractivity contribution >= 4 is 11.9 Å². The van der Waals surface area contributed by atoms with E-state index < -0.39 is 23.3 Å². The summed E-state index contributed by atoms with van der Waals surface area (Å²) < 4.78 is 56.3. The number of aliphatic carboxylic acids is 1. The molecule has 2 aliphatic rings. The van der Waals surface area contributed by atoms with Gasteiger partial charge in [0.25, 0.3) is 5.91 Å². The number of alkyl halides is 3. The molecule has 2 aromatic carbocycles. The average molecular weight is 544 g/mol. The van der Waals surface area contributed by atoms with Crippen LogP contribution in [0.5, 0.6) is 11.5 Å². The summed E-state index contributed by atoms with van der Waals surface area (Å²) in [4.78, 5) is 26.3. The second-order valence-corrected chi connectivity index (χ2v) is 9.71. The van der Waals surface area contributed by atoms with Crippen LogP contribution in [0.1, 0.15) is 47.3 Å². The summed E-state index contributed by atoms with van der Waals surface area (Å²) in [6, 6.07) is 8.29. The number of amides is 1. The Bertz CT molecular complexity index is 1370. The molecule has 2 aromatic rings. The van der Waals surface area contributed by atoms with Gasteiger partial charge in [-0.25, -0.2) is 4.79 Å². The van der Waals surface area contributed by atoms with E-state index in [-0.39, 0.29) is 18.2 Å². The predicted molar refractivity (Wildman–Crippen MR) is 136 cm³/mol. The number of methoxy groups -OCH3 is 1. The van der Waals surface area contributed by atoms with E-state index in [1.54, 1.807) is 36.4 Å². The Kier molecular flexibility index (Phi) is 7.76. The van der Waals surface area contributed by atoms with E-state index in [0.29, 0.717) is 42.0 Å². The molecule has 10 heteroatoms. The van der Waals surface area contributed by atoms with E-state index in [1.807, 2.05) is 0 Å². The lowest BCUT2D eigenvalue weighted by atomic mass is 9.96. The molecule has 39 heavy (non-hydrogen) atoms. The molecule has 0 unspecified atom stereocenters. The Morgan fingerprint density at radius 1 is 1.15 bits per heavy atom. The standard InChI is InChI=1S/C29H28F3NO6/c1-28(2,27(35)36)39-22-9-7-18(8-10-22)17-38-24-15-23(37-3)14-20-11-12-33(26(34)25(20)24)16-19-5-4-6-21(13-19)29(30,31)32/h4-7,9-10,13-15,17H,8,11-12,16H2,1-3H3,(H,35,36). The highest BCUT2D eigenvalue weighted by atomic mass is 19.4. The molecular formula is C29H28F3NO6. The highest BCUT2D eigenvalue weighted by Gasteiger charge is 2.32. The number of nitrogens with zero attached hydrogens (tertiary/aromatic N) is 1. The Hall–Kier alpha value is -4.21. The molecule has 0 bridgehead atoms. The van der Waals surface area contributed by atoms with Crippen molar-refractivity contribution in [2.24, 2.45) is 0 Å². The van der Waals surface area contributed by atoms with E-state index in [9.17, 15) is 27.9 Å². The van der Waals surface area contributed by atoms with Crippen LogP contribution in [0.2, 0.25) is 0 Å². The topological polar surface area (TPSA) is 85.3 Å². The SMILES string of the molecule is COc1cc2c(c(OC=C3C=CC(OC(C)(C)C(=O)O)=CC3)c1)C(=O)N(Cc1cccc(C(F)(F)F)c1)CC2. The van der Waals surface area contributed by atoms with Gasteiger partial charge >= 0.3 is 12.1 Å². The van der Waals surface area contributed by atoms with Gasteiger partial charge in [0.1, 0.15) is 17.3 Å². The summed E-state index contributed by atoms with van der Waals surface area (Å²) in [6.07, 6.45) is 2.98. The van der Waals surface area contributed by atoms with Gasteiger partial charge in [-0.2, -0.15) is 13.2 Å². The van der Waals surface area contributed by atoms with Gasteiger partial charge in [0, 0.05) is 19.2 Å². The third kappa shape index (κ3) is 6.45. The first-order valence-electron chi connectivity index (χ1n) is 12.2. The lowest BCUT2D eigenvalue weighted by Gasteiger charge is -2.30. The fourth-order valence-corrected chi connectivity index (χ4v) is 4.21. The van der Waals surface area contributed by atoms with Crippen LogP contribution >= 0.6 is 0 Å². The van der Waals surface area contributed by atoms with Crippen LogP contribution in [0.25, 0.3) is 0 Å². The number of carbonyl (C=O) groups excluding carboxylic acids is 1. The average Bonchev–Trinajstić information content (AvgIpc) is 2.89. The molecule has 1 heterocycles. The molecule has 206 valence electrons. The largest absolute Gasteiger partial charge is 0.497 e. The van der Waals surface area contributed by atoms with Gasteiger partial charge in [0.2, 0.25) is 0 Å². The molecule has 1 N–H and O–H groups in total. The van der Waals surface area contributed by atoms with Crippen molar-refractivity contribution in [1.82, 2.24) is 4.90 Å². The number of carboxylic acid groups (broad SMARTS) is 1. The molecule has 0 saturated heterocycles. The fraction of sp³-hybridized carbons (Fsp3) is 0.310. The quantitative estimate of drug-likeness (QED) is 0.418. The molecule has 0 atom stereocenters. The number of allylic oxidation sites excluding steroid dienone is 4. The van der Waals surface area contributed by atoms with Crippen LogP contribution in [0.15, 0.2) is 72.2 Å². The minimum atomic E-state index is -4.47. The molecule has 1 aliphatic heterocycles. The highest BCUT2D eigenvalue weighted by molar-refractivity contribution is 5.99. The monoisotopic (exact) mass is 543 g/mol. The number of rotatable bonds is 8. The fourth-order valence-electron chi connectivity index (χ4n) is 4.21. The first-order valence-corrected chi connectivity index (χ1v) is 12.2. The Labute approximate surface area is 223 Å². The van der Waals surface area contributed by atoms with E-state index in [0.717, 1.165) is 23.3 Å². The highest BCUT2D eigenvalue weighted by Crippen LogP contribution is 2.35. The predicted octanol–water partition coefficient (Wildman–Crippen LogP) is 5.90. The number of carboxylic acids is 1. The van der Waals surface area contributed by atoms with E-state index in [2.05, 4.69) is 0 Å². The van der Waals surface area contributed by atoms with Gasteiger partial charge in [0.05, 0.1) is 24.5 Å². The maximum atomic E-state index is 13.5. The normalized spacial score (nSPS) is 16.6. The van der Waals surface area contributed by atoms with Crippen molar-refractivity contribution < 1.29 is 42.1 Å². The van der Waals surface area contributed by atoms with Gasteiger partial charge in [0.15, 0.2) is 5.60 Å². The van der Waals surface area contributed by atoms with E-state index >= 15 is 0 Å². The number of hydrogen-bond donors (Lipinski definition) is 1. The van der Waals surface area contributed by atoms with Crippen molar-refractivity contribution in [2.75, 3.05) is 13.7 Å². The molecule has 7 nitrogen and oxygen atoms in total. The molecule has 0 fully saturated rings. The number of halogens is 3. The molecular weight excluding hydrogens is 515 g/mol. The summed E-state index contributed by atoms with van der Waals surface area (Å²) in [5.74, 6) is -0.251. The van der Waals surface area contributed by atoms with Crippen LogP contribution in [-0.2, 0) is 28.7 Å². The van der Waals surface area contributed by atoms with Crippen molar-refractivity contribution in [1.29, 1.82) is 0 Å². The number of benzene rings is 2. The minimum absolute atomic E-state index is 0.0255. The van der Waals surface area contributed by atoms with Crippen molar-refractivity contribution in [3.05, 3.63) is 94.5 Å². The van der Waals surface area contributed by atoms with Crippen molar-refractivity contribution in [2.45, 2.75) is 45.0 Å². The number of carbonyl (C=O) groups is 2. The summed E-state index contributed by atoms with van der Waals surface area (Å²) in [5.41, 5.74) is 0.0274. The maximum absolute atomic E-state index is 13.5. The zero-order valence-electron chi connectivity index (χ0n) is 21.7. The summed E-state index contributed by atoms with van der Waals surface area (Å²) in [5, 5.41) is 9.25. The lowest BCUT2D eigenvalue weighted by molar-refractivity contribution is -0.156. The second-order valence-electron chi connectivity index (χ2n) is 9.71. The minimum Gasteiger partial charge on any atom is -0.497 e. The van der Waals surface area contributed by atoms with Gasteiger partial charge in [-0.1, -0.05) is 18.2 Å². The van der Waals surface area contributed by atoms with Crippen molar-refractivity contribution in [3.63, 3.8) is 0 Å². The molecule has 1 aliphatic carbocycles. The van der Waals surface area contributed by atoms with E-state index in [1.165, 1.54) is 38.2 Å². The first kappa shape index (κ1) is 27.8. The Morgan fingerprint density at radius 2 is 1.92 bits per heavy atom. The zero-order valence-corrected chi connectivity index (χ0v) is 21.7. The molecule has 0 radical (unpaired) electrons. The van der Waals surface area contributed by atoms with Crippen LogP contribution in [0.3, 0.4) is 0 Å². The Balaban J connectivity index is 1.53. The van der Waals surface area contributed by atoms with E-state index in [4.69, 9.17) is 14.2 Å². The Morgan fingerprint density at radius 3 is 2.56 bits per heavy atom. The molecule has 0 spiro atoms. The zero-order chi connectivity index (χ0) is 28.4. The number of hydrogen-bond acceptors (Lipinski definition) is 5. The van der Waals surface area contributed by atoms with Gasteiger partial charge in [-0.05, 0) is 73.7 Å². The number of ether oxygens (including phenoxy) is 3. The number of fused-ring (bicyclic) bond motifs is 1. The van der Waals surface area contributed by atoms with Crippen molar-refractivity contribution in [3.8, 4) is 11.5 Å². The summed E-state index contributed by atoms with van der Waals surface area (Å²) in [6.45, 7) is 3.27. The maximum Gasteiger partial charge on any atom is 0.416 e.